The minimum Gasteiger partial charge on any atom is -0.480 e. The van der Waals surface area contributed by atoms with Gasteiger partial charge in [0.25, 0.3) is 5.91 Å². The fourth-order valence-electron chi connectivity index (χ4n) is 4.08. The molecule has 0 bridgehead atoms. The fourth-order valence-corrected chi connectivity index (χ4v) is 4.08. The standard InChI is InChI=1S/C25H31N3O4/c1-18(24(30)28-16-8-13-22(28)25(31)32)26-15-14-21(17-19-9-4-2-5-10-19)27-23(29)20-11-6-3-7-12-20/h2-7,9-12,18,21-22,26H,8,13-17H2,1H3,(H,27,29)(H,31,32). The summed E-state index contributed by atoms with van der Waals surface area (Å²) in [5, 5.41) is 15.6. The van der Waals surface area contributed by atoms with Crippen molar-refractivity contribution in [3.05, 3.63) is 71.8 Å². The van der Waals surface area contributed by atoms with E-state index in [0.29, 0.717) is 44.3 Å². The quantitative estimate of drug-likeness (QED) is 0.530. The first-order valence-corrected chi connectivity index (χ1v) is 11.1. The summed E-state index contributed by atoms with van der Waals surface area (Å²) in [4.78, 5) is 38.2. The summed E-state index contributed by atoms with van der Waals surface area (Å²) in [5.74, 6) is -1.27. The van der Waals surface area contributed by atoms with Crippen molar-refractivity contribution in [3.8, 4) is 0 Å². The van der Waals surface area contributed by atoms with Crippen LogP contribution >= 0.6 is 0 Å². The zero-order valence-electron chi connectivity index (χ0n) is 18.4. The molecule has 1 fully saturated rings. The van der Waals surface area contributed by atoms with Gasteiger partial charge in [-0.3, -0.25) is 9.59 Å². The molecular weight excluding hydrogens is 406 g/mol. The topological polar surface area (TPSA) is 98.7 Å². The summed E-state index contributed by atoms with van der Waals surface area (Å²) in [5.41, 5.74) is 1.73. The number of amides is 2. The maximum atomic E-state index is 12.7. The average Bonchev–Trinajstić information content (AvgIpc) is 3.30. The number of nitrogens with zero attached hydrogens (tertiary/aromatic N) is 1. The minimum absolute atomic E-state index is 0.113. The molecule has 0 spiro atoms. The van der Waals surface area contributed by atoms with Gasteiger partial charge in [0.15, 0.2) is 0 Å². The van der Waals surface area contributed by atoms with E-state index in [9.17, 15) is 19.5 Å². The molecule has 7 nitrogen and oxygen atoms in total. The Labute approximate surface area is 188 Å². The first-order chi connectivity index (χ1) is 15.5. The van der Waals surface area contributed by atoms with Gasteiger partial charge >= 0.3 is 5.97 Å². The van der Waals surface area contributed by atoms with Gasteiger partial charge in [0.2, 0.25) is 5.91 Å². The maximum Gasteiger partial charge on any atom is 0.326 e. The fraction of sp³-hybridized carbons (Fsp3) is 0.400. The van der Waals surface area contributed by atoms with Crippen molar-refractivity contribution < 1.29 is 19.5 Å². The van der Waals surface area contributed by atoms with Crippen molar-refractivity contribution in [2.24, 2.45) is 0 Å². The van der Waals surface area contributed by atoms with Gasteiger partial charge in [-0.15, -0.1) is 0 Å². The lowest BCUT2D eigenvalue weighted by atomic mass is 10.0. The smallest absolute Gasteiger partial charge is 0.326 e. The average molecular weight is 438 g/mol. The predicted octanol–water partition coefficient (Wildman–Crippen LogP) is 2.47. The van der Waals surface area contributed by atoms with E-state index in [2.05, 4.69) is 10.6 Å². The summed E-state index contributed by atoms with van der Waals surface area (Å²) in [6.07, 6.45) is 2.52. The third-order valence-corrected chi connectivity index (χ3v) is 5.83. The summed E-state index contributed by atoms with van der Waals surface area (Å²) in [6, 6.07) is 17.7. The van der Waals surface area contributed by atoms with Crippen LogP contribution in [0.5, 0.6) is 0 Å². The highest BCUT2D eigenvalue weighted by molar-refractivity contribution is 5.94. The first-order valence-electron chi connectivity index (χ1n) is 11.1. The molecule has 3 N–H and O–H groups in total. The Hall–Kier alpha value is -3.19. The third kappa shape index (κ3) is 6.40. The first kappa shape index (κ1) is 23.5. The molecule has 1 saturated heterocycles. The molecule has 3 rings (SSSR count). The highest BCUT2D eigenvalue weighted by atomic mass is 16.4. The Balaban J connectivity index is 1.57. The van der Waals surface area contributed by atoms with Crippen molar-refractivity contribution >= 4 is 17.8 Å². The number of carboxylic acid groups (broad SMARTS) is 1. The number of carboxylic acids is 1. The second-order valence-corrected chi connectivity index (χ2v) is 8.22. The minimum atomic E-state index is -0.949. The van der Waals surface area contributed by atoms with Gasteiger partial charge in [-0.25, -0.2) is 4.79 Å². The molecule has 1 heterocycles. The molecule has 32 heavy (non-hydrogen) atoms. The summed E-state index contributed by atoms with van der Waals surface area (Å²) in [7, 11) is 0. The van der Waals surface area contributed by atoms with E-state index >= 15 is 0 Å². The van der Waals surface area contributed by atoms with Crippen LogP contribution in [0.25, 0.3) is 0 Å². The van der Waals surface area contributed by atoms with Gasteiger partial charge < -0.3 is 20.6 Å². The largest absolute Gasteiger partial charge is 0.480 e. The normalized spacial score (nSPS) is 17.5. The van der Waals surface area contributed by atoms with Crippen molar-refractivity contribution in [1.29, 1.82) is 0 Å². The lowest BCUT2D eigenvalue weighted by Crippen LogP contribution is -2.49. The summed E-state index contributed by atoms with van der Waals surface area (Å²) < 4.78 is 0. The van der Waals surface area contributed by atoms with E-state index in [4.69, 9.17) is 0 Å². The van der Waals surface area contributed by atoms with Crippen LogP contribution in [0.2, 0.25) is 0 Å². The van der Waals surface area contributed by atoms with Crippen LogP contribution in [0, 0.1) is 0 Å². The monoisotopic (exact) mass is 437 g/mol. The van der Waals surface area contributed by atoms with Crippen LogP contribution in [0.3, 0.4) is 0 Å². The molecule has 0 saturated carbocycles. The van der Waals surface area contributed by atoms with E-state index < -0.39 is 18.1 Å². The Bertz CT molecular complexity index is 904. The number of rotatable bonds is 10. The SMILES string of the molecule is CC(NCCC(Cc1ccccc1)NC(=O)c1ccccc1)C(=O)N1CCCC1C(=O)O. The van der Waals surface area contributed by atoms with Crippen LogP contribution < -0.4 is 10.6 Å². The number of carbonyl (C=O) groups excluding carboxylic acids is 2. The van der Waals surface area contributed by atoms with Crippen LogP contribution in [0.1, 0.15) is 42.1 Å². The number of hydrogen-bond donors (Lipinski definition) is 3. The molecular formula is C25H31N3O4. The molecule has 3 unspecified atom stereocenters. The number of carbonyl (C=O) groups is 3. The molecule has 1 aliphatic rings. The van der Waals surface area contributed by atoms with E-state index in [-0.39, 0.29) is 17.9 Å². The predicted molar refractivity (Wildman–Crippen MR) is 122 cm³/mol. The second kappa shape index (κ2) is 11.4. The van der Waals surface area contributed by atoms with Gasteiger partial charge in [0, 0.05) is 18.2 Å². The Morgan fingerprint density at radius 2 is 1.72 bits per heavy atom. The lowest BCUT2D eigenvalue weighted by molar-refractivity contribution is -0.148. The van der Waals surface area contributed by atoms with Crippen molar-refractivity contribution in [1.82, 2.24) is 15.5 Å². The van der Waals surface area contributed by atoms with Gasteiger partial charge in [0.05, 0.1) is 6.04 Å². The van der Waals surface area contributed by atoms with Crippen molar-refractivity contribution in [2.75, 3.05) is 13.1 Å². The highest BCUT2D eigenvalue weighted by Gasteiger charge is 2.35. The summed E-state index contributed by atoms with van der Waals surface area (Å²) >= 11 is 0. The molecule has 2 aromatic rings. The zero-order chi connectivity index (χ0) is 22.9. The lowest BCUT2D eigenvalue weighted by Gasteiger charge is -2.26. The summed E-state index contributed by atoms with van der Waals surface area (Å²) in [6.45, 7) is 2.75. The zero-order valence-corrected chi connectivity index (χ0v) is 18.4. The van der Waals surface area contributed by atoms with Gasteiger partial charge in [0.1, 0.15) is 6.04 Å². The van der Waals surface area contributed by atoms with Gasteiger partial charge in [-0.1, -0.05) is 48.5 Å². The number of aliphatic carboxylic acids is 1. The maximum absolute atomic E-state index is 12.7. The molecule has 7 heteroatoms. The van der Waals surface area contributed by atoms with E-state index in [1.807, 2.05) is 48.5 Å². The Morgan fingerprint density at radius 1 is 1.06 bits per heavy atom. The molecule has 170 valence electrons. The van der Waals surface area contributed by atoms with Crippen LogP contribution in [-0.2, 0) is 16.0 Å². The molecule has 0 aromatic heterocycles. The Morgan fingerprint density at radius 3 is 2.38 bits per heavy atom. The Kier molecular flexibility index (Phi) is 8.39. The van der Waals surface area contributed by atoms with Crippen LogP contribution in [0.4, 0.5) is 0 Å². The molecule has 1 aliphatic heterocycles. The highest BCUT2D eigenvalue weighted by Crippen LogP contribution is 2.18. The van der Waals surface area contributed by atoms with Crippen molar-refractivity contribution in [2.45, 2.75) is 50.7 Å². The molecule has 3 atom stereocenters. The second-order valence-electron chi connectivity index (χ2n) is 8.22. The van der Waals surface area contributed by atoms with Crippen LogP contribution in [-0.4, -0.2) is 59.0 Å². The van der Waals surface area contributed by atoms with E-state index in [1.165, 1.54) is 4.90 Å². The molecule has 2 aromatic carbocycles. The molecule has 0 radical (unpaired) electrons. The van der Waals surface area contributed by atoms with Crippen molar-refractivity contribution in [3.63, 3.8) is 0 Å². The number of benzene rings is 2. The number of hydrogen-bond acceptors (Lipinski definition) is 4. The van der Waals surface area contributed by atoms with Gasteiger partial charge in [-0.2, -0.15) is 0 Å². The number of likely N-dealkylation sites (tertiary alicyclic amines) is 1. The third-order valence-electron chi connectivity index (χ3n) is 5.83. The van der Waals surface area contributed by atoms with Crippen LogP contribution in [0.15, 0.2) is 60.7 Å². The number of nitrogens with one attached hydrogen (secondary N) is 2. The van der Waals surface area contributed by atoms with Gasteiger partial charge in [-0.05, 0) is 56.8 Å². The molecule has 2 amide bonds. The molecule has 0 aliphatic carbocycles. The van der Waals surface area contributed by atoms with E-state index in [1.54, 1.807) is 19.1 Å². The van der Waals surface area contributed by atoms with E-state index in [0.717, 1.165) is 5.56 Å².